The Bertz CT molecular complexity index is 845. The topological polar surface area (TPSA) is 47.1 Å². The molecule has 5 nitrogen and oxygen atoms in total. The van der Waals surface area contributed by atoms with Crippen molar-refractivity contribution in [3.05, 3.63) is 45.9 Å². The van der Waals surface area contributed by atoms with Crippen LogP contribution in [0.15, 0.2) is 21.9 Å². The second-order valence-corrected chi connectivity index (χ2v) is 7.72. The number of nitrogens with zero attached hydrogens (tertiary/aromatic N) is 4. The first-order valence-electron chi connectivity index (χ1n) is 8.60. The summed E-state index contributed by atoms with van der Waals surface area (Å²) in [5.41, 5.74) is 4.63. The van der Waals surface area contributed by atoms with Gasteiger partial charge in [-0.3, -0.25) is 9.58 Å². The van der Waals surface area contributed by atoms with Gasteiger partial charge in [0.15, 0.2) is 0 Å². The lowest BCUT2D eigenvalue weighted by Crippen LogP contribution is -2.30. The highest BCUT2D eigenvalue weighted by Crippen LogP contribution is 2.27. The van der Waals surface area contributed by atoms with Crippen molar-refractivity contribution in [2.75, 3.05) is 0 Å². The molecule has 0 radical (unpaired) electrons. The fraction of sp³-hybridized carbons (Fsp3) is 0.474. The highest BCUT2D eigenvalue weighted by molar-refractivity contribution is 7.13. The zero-order valence-corrected chi connectivity index (χ0v) is 16.6. The van der Waals surface area contributed by atoms with E-state index in [9.17, 15) is 0 Å². The maximum absolute atomic E-state index is 5.90. The van der Waals surface area contributed by atoms with Crippen molar-refractivity contribution < 1.29 is 4.42 Å². The number of aryl methyl sites for hydroxylation is 3. The van der Waals surface area contributed by atoms with Crippen molar-refractivity contribution in [2.24, 2.45) is 7.05 Å². The van der Waals surface area contributed by atoms with Gasteiger partial charge in [0.25, 0.3) is 0 Å². The Morgan fingerprint density at radius 3 is 2.56 bits per heavy atom. The third kappa shape index (κ3) is 3.70. The van der Waals surface area contributed by atoms with Gasteiger partial charge in [0.05, 0.1) is 16.3 Å². The number of aromatic nitrogens is 3. The summed E-state index contributed by atoms with van der Waals surface area (Å²) in [7, 11) is 2.00. The van der Waals surface area contributed by atoms with Gasteiger partial charge in [-0.1, -0.05) is 6.07 Å². The van der Waals surface area contributed by atoms with Gasteiger partial charge in [0, 0.05) is 37.4 Å². The summed E-state index contributed by atoms with van der Waals surface area (Å²) in [5, 5.41) is 6.59. The van der Waals surface area contributed by atoms with Gasteiger partial charge >= 0.3 is 0 Å². The molecule has 0 aliphatic heterocycles. The predicted octanol–water partition coefficient (Wildman–Crippen LogP) is 4.47. The van der Waals surface area contributed by atoms with Crippen LogP contribution in [0.25, 0.3) is 10.8 Å². The van der Waals surface area contributed by atoms with Gasteiger partial charge < -0.3 is 4.42 Å². The second kappa shape index (κ2) is 7.14. The van der Waals surface area contributed by atoms with Gasteiger partial charge in [-0.15, -0.1) is 11.3 Å². The summed E-state index contributed by atoms with van der Waals surface area (Å²) >= 11 is 1.65. The fourth-order valence-corrected chi connectivity index (χ4v) is 3.59. The normalized spacial score (nSPS) is 11.8. The molecule has 0 saturated heterocycles. The van der Waals surface area contributed by atoms with Crippen LogP contribution in [0.5, 0.6) is 0 Å². The number of hydrogen-bond donors (Lipinski definition) is 0. The van der Waals surface area contributed by atoms with E-state index in [1.807, 2.05) is 36.2 Å². The molecule has 0 saturated carbocycles. The van der Waals surface area contributed by atoms with Crippen LogP contribution in [0, 0.1) is 20.8 Å². The molecule has 3 heterocycles. The minimum atomic E-state index is 0.403. The van der Waals surface area contributed by atoms with Crippen molar-refractivity contribution in [2.45, 2.75) is 53.8 Å². The monoisotopic (exact) mass is 358 g/mol. The first kappa shape index (κ1) is 17.9. The molecule has 3 aromatic heterocycles. The maximum atomic E-state index is 5.90. The lowest BCUT2D eigenvalue weighted by Gasteiger charge is -2.26. The van der Waals surface area contributed by atoms with Gasteiger partial charge in [-0.25, -0.2) is 4.98 Å². The molecule has 0 N–H and O–H groups in total. The second-order valence-electron chi connectivity index (χ2n) is 6.77. The highest BCUT2D eigenvalue weighted by Gasteiger charge is 2.20. The first-order chi connectivity index (χ1) is 11.9. The van der Waals surface area contributed by atoms with Crippen LogP contribution in [-0.4, -0.2) is 25.7 Å². The van der Waals surface area contributed by atoms with E-state index in [0.717, 1.165) is 41.0 Å². The zero-order chi connectivity index (χ0) is 18.1. The molecular formula is C19H26N4OS. The molecule has 0 unspecified atom stereocenters. The molecular weight excluding hydrogens is 332 g/mol. The van der Waals surface area contributed by atoms with Gasteiger partial charge in [0.2, 0.25) is 5.89 Å². The summed E-state index contributed by atoms with van der Waals surface area (Å²) in [5.74, 6) is 1.62. The lowest BCUT2D eigenvalue weighted by molar-refractivity contribution is 0.199. The smallest absolute Gasteiger partial charge is 0.236 e. The number of hydrogen-bond acceptors (Lipinski definition) is 5. The molecule has 25 heavy (non-hydrogen) atoms. The van der Waals surface area contributed by atoms with Gasteiger partial charge in [-0.05, 0) is 46.1 Å². The maximum Gasteiger partial charge on any atom is 0.236 e. The molecule has 3 rings (SSSR count). The number of rotatable bonds is 6. The van der Waals surface area contributed by atoms with E-state index >= 15 is 0 Å². The third-order valence-electron chi connectivity index (χ3n) is 4.73. The van der Waals surface area contributed by atoms with E-state index in [-0.39, 0.29) is 0 Å². The minimum Gasteiger partial charge on any atom is -0.440 e. The average Bonchev–Trinajstić information content (AvgIpc) is 3.24. The largest absolute Gasteiger partial charge is 0.440 e. The Labute approximate surface area is 153 Å². The molecule has 0 spiro atoms. The standard InChI is InChI=1S/C19H26N4OS/c1-12(2)23(10-16-13(3)21-22(6)14(16)4)11-17-15(5)24-19(20-17)18-8-7-9-25-18/h7-9,12H,10-11H2,1-6H3. The average molecular weight is 359 g/mol. The van der Waals surface area contributed by atoms with Crippen LogP contribution in [0.4, 0.5) is 0 Å². The molecule has 134 valence electrons. The van der Waals surface area contributed by atoms with Crippen molar-refractivity contribution in [3.63, 3.8) is 0 Å². The summed E-state index contributed by atoms with van der Waals surface area (Å²) < 4.78 is 7.86. The van der Waals surface area contributed by atoms with Crippen LogP contribution < -0.4 is 0 Å². The fourth-order valence-electron chi connectivity index (χ4n) is 2.94. The number of oxazole rings is 1. The zero-order valence-electron chi connectivity index (χ0n) is 15.8. The highest BCUT2D eigenvalue weighted by atomic mass is 32.1. The molecule has 3 aromatic rings. The van der Waals surface area contributed by atoms with Crippen LogP contribution >= 0.6 is 11.3 Å². The van der Waals surface area contributed by atoms with E-state index < -0.39 is 0 Å². The molecule has 0 amide bonds. The third-order valence-corrected chi connectivity index (χ3v) is 5.59. The Balaban J connectivity index is 1.83. The van der Waals surface area contributed by atoms with E-state index in [1.165, 1.54) is 11.3 Å². The van der Waals surface area contributed by atoms with Gasteiger partial charge in [0.1, 0.15) is 5.76 Å². The van der Waals surface area contributed by atoms with Crippen LogP contribution in [0.2, 0.25) is 0 Å². The molecule has 0 atom stereocenters. The van der Waals surface area contributed by atoms with Crippen molar-refractivity contribution >= 4 is 11.3 Å². The van der Waals surface area contributed by atoms with E-state index in [1.54, 1.807) is 11.3 Å². The van der Waals surface area contributed by atoms with Crippen molar-refractivity contribution in [1.29, 1.82) is 0 Å². The van der Waals surface area contributed by atoms with Gasteiger partial charge in [-0.2, -0.15) is 5.10 Å². The minimum absolute atomic E-state index is 0.403. The molecule has 0 aromatic carbocycles. The SMILES string of the molecule is Cc1nn(C)c(C)c1CN(Cc1nc(-c2cccs2)oc1C)C(C)C. The predicted molar refractivity (Wildman–Crippen MR) is 102 cm³/mol. The summed E-state index contributed by atoms with van der Waals surface area (Å²) in [4.78, 5) is 8.24. The summed E-state index contributed by atoms with van der Waals surface area (Å²) in [6.07, 6.45) is 0. The van der Waals surface area contributed by atoms with Crippen molar-refractivity contribution in [1.82, 2.24) is 19.7 Å². The quantitative estimate of drug-likeness (QED) is 0.652. The Morgan fingerprint density at radius 1 is 1.24 bits per heavy atom. The summed E-state index contributed by atoms with van der Waals surface area (Å²) in [6, 6.07) is 4.47. The Hall–Kier alpha value is -1.92. The Morgan fingerprint density at radius 2 is 2.00 bits per heavy atom. The number of thiophene rings is 1. The molecule has 0 fully saturated rings. The first-order valence-corrected chi connectivity index (χ1v) is 9.48. The van der Waals surface area contributed by atoms with E-state index in [2.05, 4.69) is 37.7 Å². The molecule has 0 aliphatic rings. The van der Waals surface area contributed by atoms with Crippen LogP contribution in [0.3, 0.4) is 0 Å². The van der Waals surface area contributed by atoms with Crippen LogP contribution in [0.1, 0.15) is 42.3 Å². The van der Waals surface area contributed by atoms with E-state index in [0.29, 0.717) is 6.04 Å². The molecule has 0 bridgehead atoms. The Kier molecular flexibility index (Phi) is 5.11. The van der Waals surface area contributed by atoms with Crippen LogP contribution in [-0.2, 0) is 20.1 Å². The van der Waals surface area contributed by atoms with E-state index in [4.69, 9.17) is 9.40 Å². The summed E-state index contributed by atoms with van der Waals surface area (Å²) in [6.45, 7) is 12.3. The lowest BCUT2D eigenvalue weighted by atomic mass is 10.1. The molecule has 6 heteroatoms. The molecule has 0 aliphatic carbocycles. The van der Waals surface area contributed by atoms with Crippen molar-refractivity contribution in [3.8, 4) is 10.8 Å².